The number of hydrogen-bond acceptors (Lipinski definition) is 3. The molecule has 3 nitrogen and oxygen atoms in total. The molecule has 0 radical (unpaired) electrons. The summed E-state index contributed by atoms with van der Waals surface area (Å²) in [5, 5.41) is 0. The first-order valence-corrected chi connectivity index (χ1v) is 11.3. The minimum Gasteiger partial charge on any atom is -0.212 e. The van der Waals surface area contributed by atoms with Gasteiger partial charge < -0.3 is 0 Å². The van der Waals surface area contributed by atoms with E-state index in [1.165, 1.54) is 16.9 Å². The number of sulfonamides is 1. The third-order valence-electron chi connectivity index (χ3n) is 4.63. The minimum atomic E-state index is -3.11. The second-order valence-corrected chi connectivity index (χ2v) is 9.84. The molecule has 0 bridgehead atoms. The molecule has 0 saturated heterocycles. The van der Waals surface area contributed by atoms with Crippen molar-refractivity contribution in [2.75, 3.05) is 11.5 Å². The Morgan fingerprint density at radius 1 is 1.17 bits per heavy atom. The second kappa shape index (κ2) is 8.54. The Balaban J connectivity index is 1.94. The van der Waals surface area contributed by atoms with Gasteiger partial charge in [-0.1, -0.05) is 38.8 Å². The molecule has 0 aromatic heterocycles. The van der Waals surface area contributed by atoms with E-state index in [9.17, 15) is 8.42 Å². The second-order valence-electron chi connectivity index (χ2n) is 6.71. The fourth-order valence-corrected chi connectivity index (χ4v) is 5.10. The maximum absolute atomic E-state index is 11.9. The van der Waals surface area contributed by atoms with Gasteiger partial charge in [-0.2, -0.15) is 0 Å². The standard InChI is InChI=1S/C18H29NO2S2/c1-4-23(20,21)19-18-8-6-5-7-16(18)13-22-17-11-9-15(10-12-17)14(2)3/h9-12,14,16,18-19H,4-8,13H2,1-3H3/t16-,18+/m0/s1. The van der Waals surface area contributed by atoms with Crippen LogP contribution in [0.5, 0.6) is 0 Å². The monoisotopic (exact) mass is 355 g/mol. The predicted molar refractivity (Wildman–Crippen MR) is 99.6 cm³/mol. The van der Waals surface area contributed by atoms with Crippen LogP contribution < -0.4 is 4.72 Å². The van der Waals surface area contributed by atoms with Gasteiger partial charge in [-0.15, -0.1) is 11.8 Å². The molecule has 1 aliphatic rings. The first-order valence-electron chi connectivity index (χ1n) is 8.64. The molecule has 0 unspecified atom stereocenters. The smallest absolute Gasteiger partial charge is 0.211 e. The zero-order valence-electron chi connectivity index (χ0n) is 14.4. The molecule has 0 spiro atoms. The van der Waals surface area contributed by atoms with Crippen LogP contribution in [0.4, 0.5) is 0 Å². The van der Waals surface area contributed by atoms with Crippen molar-refractivity contribution in [1.82, 2.24) is 4.72 Å². The number of benzene rings is 1. The summed E-state index contributed by atoms with van der Waals surface area (Å²) < 4.78 is 26.7. The molecule has 1 fully saturated rings. The van der Waals surface area contributed by atoms with Crippen molar-refractivity contribution in [3.8, 4) is 0 Å². The van der Waals surface area contributed by atoms with Crippen LogP contribution >= 0.6 is 11.8 Å². The van der Waals surface area contributed by atoms with Gasteiger partial charge in [0.25, 0.3) is 0 Å². The molecule has 1 saturated carbocycles. The number of nitrogens with one attached hydrogen (secondary N) is 1. The van der Waals surface area contributed by atoms with E-state index in [4.69, 9.17) is 0 Å². The predicted octanol–water partition coefficient (Wildman–Crippen LogP) is 4.40. The van der Waals surface area contributed by atoms with E-state index in [0.717, 1.165) is 25.0 Å². The lowest BCUT2D eigenvalue weighted by Gasteiger charge is -2.31. The Morgan fingerprint density at radius 2 is 1.83 bits per heavy atom. The van der Waals surface area contributed by atoms with Gasteiger partial charge in [0, 0.05) is 16.7 Å². The molecule has 0 aliphatic heterocycles. The first-order chi connectivity index (χ1) is 10.9. The molecule has 130 valence electrons. The lowest BCUT2D eigenvalue weighted by Crippen LogP contribution is -2.43. The van der Waals surface area contributed by atoms with Crippen LogP contribution in [0.2, 0.25) is 0 Å². The van der Waals surface area contributed by atoms with Crippen LogP contribution in [-0.4, -0.2) is 26.0 Å². The van der Waals surface area contributed by atoms with Crippen LogP contribution in [0.3, 0.4) is 0 Å². The Bertz CT molecular complexity index is 582. The quantitative estimate of drug-likeness (QED) is 0.737. The molecule has 23 heavy (non-hydrogen) atoms. The summed E-state index contributed by atoms with van der Waals surface area (Å²) in [6.07, 6.45) is 4.42. The minimum absolute atomic E-state index is 0.108. The third-order valence-corrected chi connectivity index (χ3v) is 7.25. The Kier molecular flexibility index (Phi) is 6.99. The molecule has 5 heteroatoms. The number of hydrogen-bond donors (Lipinski definition) is 1. The highest BCUT2D eigenvalue weighted by Crippen LogP contribution is 2.31. The summed E-state index contributed by atoms with van der Waals surface area (Å²) in [6, 6.07) is 8.88. The van der Waals surface area contributed by atoms with Crippen molar-refractivity contribution in [3.63, 3.8) is 0 Å². The molecule has 0 heterocycles. The highest BCUT2D eigenvalue weighted by Gasteiger charge is 2.28. The van der Waals surface area contributed by atoms with Gasteiger partial charge in [-0.3, -0.25) is 0 Å². The number of thioether (sulfide) groups is 1. The van der Waals surface area contributed by atoms with Gasteiger partial charge in [-0.05, 0) is 49.3 Å². The topological polar surface area (TPSA) is 46.2 Å². The summed E-state index contributed by atoms with van der Waals surface area (Å²) in [4.78, 5) is 1.28. The fraction of sp³-hybridized carbons (Fsp3) is 0.667. The molecule has 1 aromatic rings. The summed E-state index contributed by atoms with van der Waals surface area (Å²) in [5.74, 6) is 2.14. The van der Waals surface area contributed by atoms with E-state index in [1.807, 2.05) is 11.8 Å². The third kappa shape index (κ3) is 5.80. The average Bonchev–Trinajstić information content (AvgIpc) is 2.54. The van der Waals surface area contributed by atoms with Crippen molar-refractivity contribution in [2.45, 2.75) is 63.3 Å². The normalized spacial score (nSPS) is 22.4. The van der Waals surface area contributed by atoms with E-state index in [1.54, 1.807) is 6.92 Å². The van der Waals surface area contributed by atoms with Crippen LogP contribution in [0.25, 0.3) is 0 Å². The lowest BCUT2D eigenvalue weighted by atomic mass is 9.86. The van der Waals surface area contributed by atoms with Crippen LogP contribution in [-0.2, 0) is 10.0 Å². The van der Waals surface area contributed by atoms with Gasteiger partial charge in [0.05, 0.1) is 5.75 Å². The average molecular weight is 356 g/mol. The fourth-order valence-electron chi connectivity index (χ4n) is 3.03. The van der Waals surface area contributed by atoms with Gasteiger partial charge >= 0.3 is 0 Å². The largest absolute Gasteiger partial charge is 0.212 e. The van der Waals surface area contributed by atoms with Crippen molar-refractivity contribution < 1.29 is 8.42 Å². The molecule has 2 rings (SSSR count). The van der Waals surface area contributed by atoms with Gasteiger partial charge in [0.15, 0.2) is 0 Å². The van der Waals surface area contributed by atoms with E-state index in [2.05, 4.69) is 42.8 Å². The maximum Gasteiger partial charge on any atom is 0.211 e. The van der Waals surface area contributed by atoms with Crippen LogP contribution in [0.15, 0.2) is 29.2 Å². The molecule has 1 aromatic carbocycles. The van der Waals surface area contributed by atoms with Gasteiger partial charge in [0.2, 0.25) is 10.0 Å². The van der Waals surface area contributed by atoms with Gasteiger partial charge in [0.1, 0.15) is 0 Å². The van der Waals surface area contributed by atoms with Crippen molar-refractivity contribution in [1.29, 1.82) is 0 Å². The summed E-state index contributed by atoms with van der Waals surface area (Å²) in [7, 11) is -3.11. The molecule has 2 atom stereocenters. The SMILES string of the molecule is CCS(=O)(=O)N[C@@H]1CCCC[C@H]1CSc1ccc(C(C)C)cc1. The van der Waals surface area contributed by atoms with Crippen molar-refractivity contribution in [3.05, 3.63) is 29.8 Å². The van der Waals surface area contributed by atoms with Crippen molar-refractivity contribution >= 4 is 21.8 Å². The zero-order valence-corrected chi connectivity index (χ0v) is 16.1. The Labute approximate surface area is 145 Å². The summed E-state index contributed by atoms with van der Waals surface area (Å²) in [5.41, 5.74) is 1.36. The molecular weight excluding hydrogens is 326 g/mol. The lowest BCUT2D eigenvalue weighted by molar-refractivity contribution is 0.315. The van der Waals surface area contributed by atoms with E-state index < -0.39 is 10.0 Å². The van der Waals surface area contributed by atoms with Crippen molar-refractivity contribution in [2.24, 2.45) is 5.92 Å². The maximum atomic E-state index is 11.9. The number of rotatable bonds is 7. The Hall–Kier alpha value is -0.520. The highest BCUT2D eigenvalue weighted by molar-refractivity contribution is 7.99. The van der Waals surface area contributed by atoms with Gasteiger partial charge in [-0.25, -0.2) is 13.1 Å². The van der Waals surface area contributed by atoms with Crippen LogP contribution in [0.1, 0.15) is 57.9 Å². The molecular formula is C18H29NO2S2. The molecule has 1 N–H and O–H groups in total. The summed E-state index contributed by atoms with van der Waals surface area (Å²) >= 11 is 1.85. The van der Waals surface area contributed by atoms with E-state index >= 15 is 0 Å². The summed E-state index contributed by atoms with van der Waals surface area (Å²) in [6.45, 7) is 6.11. The highest BCUT2D eigenvalue weighted by atomic mass is 32.2. The first kappa shape index (κ1) is 18.8. The zero-order chi connectivity index (χ0) is 16.9. The molecule has 0 amide bonds. The Morgan fingerprint density at radius 3 is 2.43 bits per heavy atom. The van der Waals surface area contributed by atoms with E-state index in [-0.39, 0.29) is 11.8 Å². The molecule has 1 aliphatic carbocycles. The van der Waals surface area contributed by atoms with E-state index in [0.29, 0.717) is 11.8 Å². The van der Waals surface area contributed by atoms with Crippen LogP contribution in [0, 0.1) is 5.92 Å².